The fourth-order valence-electron chi connectivity index (χ4n) is 3.64. The molecule has 8 heteroatoms. The fraction of sp³-hybridized carbons (Fsp3) is 0.167. The fourth-order valence-corrected chi connectivity index (χ4v) is 3.92. The average Bonchev–Trinajstić information content (AvgIpc) is 3.26. The molecule has 2 aromatic carbocycles. The second kappa shape index (κ2) is 7.85. The summed E-state index contributed by atoms with van der Waals surface area (Å²) < 4.78 is 57.0. The molecule has 0 saturated heterocycles. The molecule has 0 aliphatic carbocycles. The summed E-state index contributed by atoms with van der Waals surface area (Å²) in [5, 5.41) is 6.15. The Morgan fingerprint density at radius 1 is 1.16 bits per heavy atom. The minimum atomic E-state index is -2.97. The number of rotatable bonds is 5. The highest BCUT2D eigenvalue weighted by Gasteiger charge is 2.39. The van der Waals surface area contributed by atoms with Crippen molar-refractivity contribution in [1.82, 2.24) is 9.97 Å². The molecule has 7 nitrogen and oxygen atoms in total. The highest BCUT2D eigenvalue weighted by atomic mass is 35.5. The first-order chi connectivity index (χ1) is 17.9. The summed E-state index contributed by atoms with van der Waals surface area (Å²) in [7, 11) is -2.91. The van der Waals surface area contributed by atoms with Crippen LogP contribution in [0.1, 0.15) is 15.1 Å². The molecule has 1 amide bonds. The first kappa shape index (κ1) is 14.5. The zero-order chi connectivity index (χ0) is 27.3. The Kier molecular flexibility index (Phi) is 3.56. The van der Waals surface area contributed by atoms with Gasteiger partial charge in [0.15, 0.2) is 0 Å². The summed E-state index contributed by atoms with van der Waals surface area (Å²) in [6.07, 6.45) is 3.03. The van der Waals surface area contributed by atoms with Crippen molar-refractivity contribution >= 4 is 39.9 Å². The van der Waals surface area contributed by atoms with Crippen LogP contribution in [-0.4, -0.2) is 35.1 Å². The number of nitrogens with one attached hydrogen (secondary N) is 3. The van der Waals surface area contributed by atoms with Crippen LogP contribution in [0.2, 0.25) is 5.02 Å². The standard InChI is InChI=1S/C24H21ClN4O3/c1-24(13-31-2)23(30)28-19-12-27-22-20(21(19)29-24)17(11-26-22)16-9-8-15(10-18(16)25)32-14-6-4-3-5-7-14/h3-12,29H,13H2,1-2H3,(H,26,27)(H,28,30)/t24-/m1/s1/i1D3,2D3. The van der Waals surface area contributed by atoms with Gasteiger partial charge in [-0.25, -0.2) is 4.98 Å². The van der Waals surface area contributed by atoms with E-state index >= 15 is 0 Å². The first-order valence-corrected chi connectivity index (χ1v) is 10.0. The van der Waals surface area contributed by atoms with E-state index in [9.17, 15) is 4.79 Å². The van der Waals surface area contributed by atoms with Crippen LogP contribution in [0.5, 0.6) is 11.5 Å². The maximum Gasteiger partial charge on any atom is 0.252 e. The molecular formula is C24H21ClN4O3. The van der Waals surface area contributed by atoms with E-state index in [0.717, 1.165) is 0 Å². The lowest BCUT2D eigenvalue weighted by Gasteiger charge is -2.35. The third kappa shape index (κ3) is 3.45. The molecule has 162 valence electrons. The molecule has 3 heterocycles. The Balaban J connectivity index is 1.59. The second-order valence-electron chi connectivity index (χ2n) is 7.30. The van der Waals surface area contributed by atoms with Crippen molar-refractivity contribution in [1.29, 1.82) is 0 Å². The van der Waals surface area contributed by atoms with Crippen molar-refractivity contribution in [3.63, 3.8) is 0 Å². The Labute approximate surface area is 198 Å². The predicted molar refractivity (Wildman–Crippen MR) is 126 cm³/mol. The van der Waals surface area contributed by atoms with Gasteiger partial charge in [0.25, 0.3) is 5.91 Å². The van der Waals surface area contributed by atoms with E-state index in [2.05, 4.69) is 20.6 Å². The number of benzene rings is 2. The van der Waals surface area contributed by atoms with Gasteiger partial charge in [0.2, 0.25) is 0 Å². The van der Waals surface area contributed by atoms with Gasteiger partial charge in [0.1, 0.15) is 22.7 Å². The summed E-state index contributed by atoms with van der Waals surface area (Å²) in [4.78, 5) is 20.4. The van der Waals surface area contributed by atoms with Gasteiger partial charge in [0.05, 0.1) is 38.7 Å². The van der Waals surface area contributed by atoms with Crippen molar-refractivity contribution in [3.8, 4) is 22.6 Å². The van der Waals surface area contributed by atoms with Gasteiger partial charge in [-0.3, -0.25) is 4.79 Å². The number of pyridine rings is 1. The number of nitrogens with zero attached hydrogens (tertiary/aromatic N) is 1. The Morgan fingerprint density at radius 2 is 2.03 bits per heavy atom. The number of ether oxygens (including phenoxy) is 2. The van der Waals surface area contributed by atoms with E-state index in [0.29, 0.717) is 38.7 Å². The van der Waals surface area contributed by atoms with Crippen LogP contribution in [-0.2, 0) is 9.53 Å². The molecule has 1 atom stereocenters. The van der Waals surface area contributed by atoms with Crippen molar-refractivity contribution in [3.05, 3.63) is 65.9 Å². The van der Waals surface area contributed by atoms with Crippen molar-refractivity contribution in [2.24, 2.45) is 0 Å². The molecule has 0 spiro atoms. The van der Waals surface area contributed by atoms with Crippen molar-refractivity contribution in [2.45, 2.75) is 12.4 Å². The van der Waals surface area contributed by atoms with Gasteiger partial charge in [0, 0.05) is 34.5 Å². The van der Waals surface area contributed by atoms with Gasteiger partial charge in [-0.05, 0) is 31.1 Å². The molecule has 5 rings (SSSR count). The van der Waals surface area contributed by atoms with Crippen LogP contribution in [0.4, 0.5) is 11.4 Å². The summed E-state index contributed by atoms with van der Waals surface area (Å²) in [6, 6.07) is 14.3. The van der Waals surface area contributed by atoms with Crippen LogP contribution < -0.4 is 15.4 Å². The number of carbonyl (C=O) groups is 1. The number of carbonyl (C=O) groups excluding carboxylic acids is 1. The van der Waals surface area contributed by atoms with Crippen LogP contribution in [0.15, 0.2) is 60.9 Å². The van der Waals surface area contributed by atoms with Gasteiger partial charge >= 0.3 is 0 Å². The van der Waals surface area contributed by atoms with Gasteiger partial charge < -0.3 is 25.1 Å². The topological polar surface area (TPSA) is 88.3 Å². The van der Waals surface area contributed by atoms with Gasteiger partial charge in [-0.2, -0.15) is 0 Å². The van der Waals surface area contributed by atoms with Crippen molar-refractivity contribution < 1.29 is 22.5 Å². The van der Waals surface area contributed by atoms with E-state index in [1.807, 2.05) is 30.3 Å². The maximum absolute atomic E-state index is 13.0. The normalized spacial score (nSPS) is 21.1. The Hall–Kier alpha value is -3.55. The average molecular weight is 455 g/mol. The number of hydrogen-bond acceptors (Lipinski definition) is 5. The molecule has 32 heavy (non-hydrogen) atoms. The second-order valence-corrected chi connectivity index (χ2v) is 7.71. The SMILES string of the molecule is [2H]C([2H])([2H])OC[C@@]1(C([2H])([2H])[2H])Nc2c(cnc3[nH]cc(-c4ccc(Oc5ccccc5)cc4Cl)c23)NC1=O. The summed E-state index contributed by atoms with van der Waals surface area (Å²) in [5.74, 6) is 0.188. The predicted octanol–water partition coefficient (Wildman–Crippen LogP) is 5.44. The lowest BCUT2D eigenvalue weighted by molar-refractivity contribution is -0.121. The van der Waals surface area contributed by atoms with E-state index in [1.165, 1.54) is 6.20 Å². The Bertz CT molecular complexity index is 1520. The molecule has 2 aromatic heterocycles. The summed E-state index contributed by atoms with van der Waals surface area (Å²) >= 11 is 6.65. The van der Waals surface area contributed by atoms with Gasteiger partial charge in [-0.1, -0.05) is 29.8 Å². The van der Waals surface area contributed by atoms with Crippen LogP contribution in [0.25, 0.3) is 22.2 Å². The lowest BCUT2D eigenvalue weighted by Crippen LogP contribution is -2.53. The molecule has 3 N–H and O–H groups in total. The molecule has 1 aliphatic heterocycles. The largest absolute Gasteiger partial charge is 0.457 e. The number of aromatic amines is 1. The highest BCUT2D eigenvalue weighted by molar-refractivity contribution is 6.34. The molecule has 1 aliphatic rings. The Morgan fingerprint density at radius 3 is 2.81 bits per heavy atom. The number of aromatic nitrogens is 2. The third-order valence-electron chi connectivity index (χ3n) is 5.17. The van der Waals surface area contributed by atoms with E-state index in [4.69, 9.17) is 29.3 Å². The molecule has 4 aromatic rings. The summed E-state index contributed by atoms with van der Waals surface area (Å²) in [5.41, 5.74) is -0.381. The molecule has 0 saturated carbocycles. The van der Waals surface area contributed by atoms with Crippen molar-refractivity contribution in [2.75, 3.05) is 24.3 Å². The highest BCUT2D eigenvalue weighted by Crippen LogP contribution is 2.43. The van der Waals surface area contributed by atoms with Crippen LogP contribution in [0, 0.1) is 0 Å². The van der Waals surface area contributed by atoms with E-state index in [-0.39, 0.29) is 11.4 Å². The molecule has 0 unspecified atom stereocenters. The zero-order valence-corrected chi connectivity index (χ0v) is 17.3. The van der Waals surface area contributed by atoms with Crippen LogP contribution in [0.3, 0.4) is 0 Å². The summed E-state index contributed by atoms with van der Waals surface area (Å²) in [6.45, 7) is -3.90. The zero-order valence-electron chi connectivity index (χ0n) is 22.5. The lowest BCUT2D eigenvalue weighted by atomic mass is 9.96. The number of H-pyrrole nitrogens is 1. The minimum Gasteiger partial charge on any atom is -0.457 e. The third-order valence-corrected chi connectivity index (χ3v) is 5.49. The monoisotopic (exact) mass is 454 g/mol. The van der Waals surface area contributed by atoms with E-state index < -0.39 is 31.9 Å². The number of anilines is 2. The maximum atomic E-state index is 13.0. The molecule has 0 bridgehead atoms. The molecular weight excluding hydrogens is 428 g/mol. The van der Waals surface area contributed by atoms with Gasteiger partial charge in [-0.15, -0.1) is 0 Å². The molecule has 0 fully saturated rings. The minimum absolute atomic E-state index is 0.220. The quantitative estimate of drug-likeness (QED) is 0.373. The van der Waals surface area contributed by atoms with Crippen LogP contribution >= 0.6 is 11.6 Å². The number of para-hydroxylation sites is 1. The number of halogens is 1. The van der Waals surface area contributed by atoms with E-state index in [1.54, 1.807) is 24.4 Å². The first-order valence-electron chi connectivity index (χ1n) is 12.6. The number of fused-ring (bicyclic) bond motifs is 3. The molecule has 0 radical (unpaired) electrons. The number of hydrogen-bond donors (Lipinski definition) is 3. The number of methoxy groups -OCH3 is 1. The number of amides is 1. The smallest absolute Gasteiger partial charge is 0.252 e.